The molecule has 8 heteroatoms. The fourth-order valence-electron chi connectivity index (χ4n) is 2.41. The molecule has 2 aromatic carbocycles. The molecule has 3 rings (SSSR count). The van der Waals surface area contributed by atoms with E-state index in [0.29, 0.717) is 19.9 Å². The normalized spacial score (nSPS) is 15.5. The van der Waals surface area contributed by atoms with Crippen LogP contribution in [0.4, 0.5) is 5.69 Å². The second-order valence-corrected chi connectivity index (χ2v) is 8.57. The molecule has 0 spiro atoms. The highest BCUT2D eigenvalue weighted by Crippen LogP contribution is 2.33. The number of amides is 2. The van der Waals surface area contributed by atoms with Crippen molar-refractivity contribution < 1.29 is 9.59 Å². The Labute approximate surface area is 180 Å². The Morgan fingerprint density at radius 3 is 2.67 bits per heavy atom. The molecule has 2 aromatic rings. The van der Waals surface area contributed by atoms with E-state index in [1.54, 1.807) is 18.2 Å². The molecule has 0 bridgehead atoms. The Kier molecular flexibility index (Phi) is 6.70. The number of carbonyl (C=O) groups is 2. The number of rotatable bonds is 5. The molecule has 0 saturated carbocycles. The van der Waals surface area contributed by atoms with E-state index in [1.807, 2.05) is 36.4 Å². The number of hydrogen-bond acceptors (Lipinski definition) is 4. The van der Waals surface area contributed by atoms with Crippen molar-refractivity contribution in [1.29, 1.82) is 0 Å². The maximum absolute atomic E-state index is 12.6. The lowest BCUT2D eigenvalue weighted by Crippen LogP contribution is -2.31. The standard InChI is InChI=1S/C19H14BrClN2O2S2/c20-13-6-2-4-8-15(13)22-17(24)9-10-23-18(25)16(27-19(23)26)11-12-5-1-3-7-14(12)21/h1-8,11H,9-10H2,(H,22,24)/b16-11-. The number of benzene rings is 2. The fourth-order valence-corrected chi connectivity index (χ4v) is 4.29. The Hall–Kier alpha value is -1.67. The van der Waals surface area contributed by atoms with Crippen molar-refractivity contribution in [2.24, 2.45) is 0 Å². The van der Waals surface area contributed by atoms with E-state index in [1.165, 1.54) is 16.7 Å². The van der Waals surface area contributed by atoms with E-state index in [4.69, 9.17) is 23.8 Å². The summed E-state index contributed by atoms with van der Waals surface area (Å²) in [4.78, 5) is 26.8. The third-order valence-corrected chi connectivity index (χ3v) is 6.19. The van der Waals surface area contributed by atoms with Crippen LogP contribution < -0.4 is 5.32 Å². The highest BCUT2D eigenvalue weighted by molar-refractivity contribution is 9.10. The first-order chi connectivity index (χ1) is 13.0. The molecule has 2 amide bonds. The van der Waals surface area contributed by atoms with Crippen molar-refractivity contribution in [3.05, 3.63) is 68.5 Å². The molecule has 4 nitrogen and oxygen atoms in total. The van der Waals surface area contributed by atoms with E-state index < -0.39 is 0 Å². The molecule has 0 unspecified atom stereocenters. The number of nitrogens with zero attached hydrogens (tertiary/aromatic N) is 1. The van der Waals surface area contributed by atoms with Crippen molar-refractivity contribution in [3.8, 4) is 0 Å². The predicted octanol–water partition coefficient (Wildman–Crippen LogP) is 5.33. The van der Waals surface area contributed by atoms with Crippen LogP contribution in [0.2, 0.25) is 5.02 Å². The Bertz CT molecular complexity index is 949. The quantitative estimate of drug-likeness (QED) is 0.463. The summed E-state index contributed by atoms with van der Waals surface area (Å²) in [5.74, 6) is -0.398. The summed E-state index contributed by atoms with van der Waals surface area (Å²) in [5.41, 5.74) is 1.44. The van der Waals surface area contributed by atoms with Gasteiger partial charge in [-0.05, 0) is 45.8 Å². The zero-order valence-corrected chi connectivity index (χ0v) is 17.9. The molecule has 1 heterocycles. The molecule has 27 heavy (non-hydrogen) atoms. The van der Waals surface area contributed by atoms with Gasteiger partial charge in [0, 0.05) is 22.5 Å². The Morgan fingerprint density at radius 1 is 1.22 bits per heavy atom. The second-order valence-electron chi connectivity index (χ2n) is 5.63. The molecule has 1 N–H and O–H groups in total. The molecule has 1 aliphatic rings. The number of nitrogens with one attached hydrogen (secondary N) is 1. The molecule has 1 aliphatic heterocycles. The minimum absolute atomic E-state index is 0.146. The van der Waals surface area contributed by atoms with Crippen LogP contribution in [0.25, 0.3) is 6.08 Å². The van der Waals surface area contributed by atoms with Gasteiger partial charge in [-0.2, -0.15) is 0 Å². The molecule has 1 saturated heterocycles. The van der Waals surface area contributed by atoms with Crippen molar-refractivity contribution in [3.63, 3.8) is 0 Å². The third kappa shape index (κ3) is 4.99. The lowest BCUT2D eigenvalue weighted by Gasteiger charge is -2.14. The number of anilines is 1. The van der Waals surface area contributed by atoms with Gasteiger partial charge < -0.3 is 5.32 Å². The van der Waals surface area contributed by atoms with Gasteiger partial charge in [-0.1, -0.05) is 65.9 Å². The van der Waals surface area contributed by atoms with Crippen LogP contribution in [0.5, 0.6) is 0 Å². The van der Waals surface area contributed by atoms with Crippen LogP contribution >= 0.6 is 51.5 Å². The largest absolute Gasteiger partial charge is 0.325 e. The van der Waals surface area contributed by atoms with E-state index in [-0.39, 0.29) is 24.8 Å². The molecular weight excluding hydrogens is 468 g/mol. The van der Waals surface area contributed by atoms with Crippen LogP contribution in [-0.4, -0.2) is 27.6 Å². The molecule has 0 atom stereocenters. The fraction of sp³-hybridized carbons (Fsp3) is 0.105. The van der Waals surface area contributed by atoms with Gasteiger partial charge in [0.05, 0.1) is 10.6 Å². The lowest BCUT2D eigenvalue weighted by atomic mass is 10.2. The Balaban J connectivity index is 1.63. The summed E-state index contributed by atoms with van der Waals surface area (Å²) in [6.07, 6.45) is 1.87. The van der Waals surface area contributed by atoms with Gasteiger partial charge in [0.15, 0.2) is 0 Å². The van der Waals surface area contributed by atoms with E-state index in [9.17, 15) is 9.59 Å². The predicted molar refractivity (Wildman–Crippen MR) is 119 cm³/mol. The summed E-state index contributed by atoms with van der Waals surface area (Å²) in [7, 11) is 0. The smallest absolute Gasteiger partial charge is 0.266 e. The van der Waals surface area contributed by atoms with Crippen molar-refractivity contribution >= 4 is 79.4 Å². The first-order valence-electron chi connectivity index (χ1n) is 8.00. The summed E-state index contributed by atoms with van der Waals surface area (Å²) in [5, 5.41) is 3.38. The summed E-state index contributed by atoms with van der Waals surface area (Å²) in [6.45, 7) is 0.223. The number of thioether (sulfide) groups is 1. The molecular formula is C19H14BrClN2O2S2. The monoisotopic (exact) mass is 480 g/mol. The average Bonchev–Trinajstić information content (AvgIpc) is 2.90. The van der Waals surface area contributed by atoms with Gasteiger partial charge in [-0.3, -0.25) is 14.5 Å². The average molecular weight is 482 g/mol. The molecule has 0 aliphatic carbocycles. The minimum Gasteiger partial charge on any atom is -0.325 e. The van der Waals surface area contributed by atoms with Crippen LogP contribution in [-0.2, 0) is 9.59 Å². The first kappa shape index (κ1) is 20.1. The minimum atomic E-state index is -0.210. The molecule has 0 aromatic heterocycles. The maximum atomic E-state index is 12.6. The number of hydrogen-bond donors (Lipinski definition) is 1. The second kappa shape index (κ2) is 9.01. The molecule has 0 radical (unpaired) electrons. The van der Waals surface area contributed by atoms with Crippen LogP contribution in [0.15, 0.2) is 57.9 Å². The zero-order valence-electron chi connectivity index (χ0n) is 13.9. The maximum Gasteiger partial charge on any atom is 0.266 e. The Morgan fingerprint density at radius 2 is 1.93 bits per heavy atom. The van der Waals surface area contributed by atoms with Crippen LogP contribution in [0, 0.1) is 0 Å². The number of para-hydroxylation sites is 1. The van der Waals surface area contributed by atoms with Crippen molar-refractivity contribution in [1.82, 2.24) is 4.90 Å². The molecule has 1 fully saturated rings. The topological polar surface area (TPSA) is 49.4 Å². The number of thiocarbonyl (C=S) groups is 1. The SMILES string of the molecule is O=C(CCN1C(=O)/C(=C/c2ccccc2Cl)SC1=S)Nc1ccccc1Br. The van der Waals surface area contributed by atoms with Gasteiger partial charge in [0.25, 0.3) is 5.91 Å². The van der Waals surface area contributed by atoms with Gasteiger partial charge in [-0.25, -0.2) is 0 Å². The van der Waals surface area contributed by atoms with E-state index in [2.05, 4.69) is 21.2 Å². The van der Waals surface area contributed by atoms with Gasteiger partial charge in [-0.15, -0.1) is 0 Å². The van der Waals surface area contributed by atoms with Gasteiger partial charge >= 0.3 is 0 Å². The summed E-state index contributed by atoms with van der Waals surface area (Å²) >= 11 is 16.0. The highest BCUT2D eigenvalue weighted by Gasteiger charge is 2.32. The van der Waals surface area contributed by atoms with Crippen LogP contribution in [0.1, 0.15) is 12.0 Å². The summed E-state index contributed by atoms with van der Waals surface area (Å²) < 4.78 is 1.23. The third-order valence-electron chi connectivity index (χ3n) is 3.78. The molecule has 138 valence electrons. The number of halogens is 2. The van der Waals surface area contributed by atoms with Crippen LogP contribution in [0.3, 0.4) is 0 Å². The van der Waals surface area contributed by atoms with E-state index >= 15 is 0 Å². The van der Waals surface area contributed by atoms with E-state index in [0.717, 1.165) is 10.0 Å². The van der Waals surface area contributed by atoms with Gasteiger partial charge in [0.2, 0.25) is 5.91 Å². The van der Waals surface area contributed by atoms with Crippen molar-refractivity contribution in [2.45, 2.75) is 6.42 Å². The summed E-state index contributed by atoms with van der Waals surface area (Å²) in [6, 6.07) is 14.6. The lowest BCUT2D eigenvalue weighted by molar-refractivity contribution is -0.122. The zero-order chi connectivity index (χ0) is 19.4. The van der Waals surface area contributed by atoms with Crippen molar-refractivity contribution in [2.75, 3.05) is 11.9 Å². The number of carbonyl (C=O) groups excluding carboxylic acids is 2. The highest BCUT2D eigenvalue weighted by atomic mass is 79.9. The van der Waals surface area contributed by atoms with Gasteiger partial charge in [0.1, 0.15) is 4.32 Å². The first-order valence-corrected chi connectivity index (χ1v) is 10.4.